The molecule has 3 aromatic heterocycles. The molecule has 6 aromatic carbocycles. The van der Waals surface area contributed by atoms with Gasteiger partial charge in [0.25, 0.3) is 0 Å². The second-order valence-corrected chi connectivity index (χ2v) is 11.1. The van der Waals surface area contributed by atoms with Crippen LogP contribution in [-0.2, 0) is 0 Å². The summed E-state index contributed by atoms with van der Waals surface area (Å²) in [6.45, 7) is 0. The Morgan fingerprint density at radius 3 is 2.02 bits per heavy atom. The zero-order chi connectivity index (χ0) is 29.7. The Morgan fingerprint density at radius 2 is 1.11 bits per heavy atom. The number of benzene rings is 6. The van der Waals surface area contributed by atoms with Gasteiger partial charge >= 0.3 is 0 Å². The highest BCUT2D eigenvalue weighted by molar-refractivity contribution is 6.14. The molecule has 45 heavy (non-hydrogen) atoms. The standard InChI is InChI=1S/C40H24N4O/c1-2-14-30-25(9-1)20-21-26-10-6-16-31(36(26)30)27-11-5-12-28(23-27)38-42-39(29-13-8-22-41-24-29)44-40(43-38)34-18-7-17-33-32-15-3-4-19-35(32)45-37(33)34/h1-24H. The molecular formula is C40H24N4O. The predicted molar refractivity (Wildman–Crippen MR) is 182 cm³/mol. The maximum absolute atomic E-state index is 6.37. The summed E-state index contributed by atoms with van der Waals surface area (Å²) >= 11 is 0. The van der Waals surface area contributed by atoms with Crippen molar-refractivity contribution in [3.8, 4) is 45.3 Å². The summed E-state index contributed by atoms with van der Waals surface area (Å²) in [5.74, 6) is 1.68. The lowest BCUT2D eigenvalue weighted by atomic mass is 9.93. The monoisotopic (exact) mass is 576 g/mol. The summed E-state index contributed by atoms with van der Waals surface area (Å²) in [7, 11) is 0. The molecule has 0 aliphatic rings. The van der Waals surface area contributed by atoms with Gasteiger partial charge in [-0.25, -0.2) is 15.0 Å². The topological polar surface area (TPSA) is 64.7 Å². The summed E-state index contributed by atoms with van der Waals surface area (Å²) in [6, 6.07) is 45.9. The normalized spacial score (nSPS) is 11.6. The average Bonchev–Trinajstić information content (AvgIpc) is 3.50. The van der Waals surface area contributed by atoms with Crippen molar-refractivity contribution >= 4 is 43.5 Å². The number of para-hydroxylation sites is 2. The van der Waals surface area contributed by atoms with E-state index < -0.39 is 0 Å². The van der Waals surface area contributed by atoms with E-state index in [2.05, 4.69) is 96.0 Å². The molecule has 0 N–H and O–H groups in total. The molecule has 0 spiro atoms. The number of nitrogens with zero attached hydrogens (tertiary/aromatic N) is 4. The van der Waals surface area contributed by atoms with E-state index in [1.807, 2.05) is 42.5 Å². The number of hydrogen-bond donors (Lipinski definition) is 0. The largest absolute Gasteiger partial charge is 0.455 e. The average molecular weight is 577 g/mol. The van der Waals surface area contributed by atoms with Crippen LogP contribution < -0.4 is 0 Å². The Bertz CT molecular complexity index is 2550. The van der Waals surface area contributed by atoms with Crippen LogP contribution in [0, 0.1) is 0 Å². The molecule has 0 radical (unpaired) electrons. The molecule has 5 heteroatoms. The fraction of sp³-hybridized carbons (Fsp3) is 0. The molecule has 0 aliphatic heterocycles. The Kier molecular flexibility index (Phi) is 5.74. The van der Waals surface area contributed by atoms with Crippen LogP contribution in [0.5, 0.6) is 0 Å². The first-order valence-corrected chi connectivity index (χ1v) is 14.9. The molecule has 9 aromatic rings. The van der Waals surface area contributed by atoms with Gasteiger partial charge in [-0.15, -0.1) is 0 Å². The van der Waals surface area contributed by atoms with Crippen molar-refractivity contribution in [1.29, 1.82) is 0 Å². The van der Waals surface area contributed by atoms with E-state index in [4.69, 9.17) is 19.4 Å². The van der Waals surface area contributed by atoms with Crippen molar-refractivity contribution < 1.29 is 4.42 Å². The number of fused-ring (bicyclic) bond motifs is 6. The highest BCUT2D eigenvalue weighted by Gasteiger charge is 2.18. The third kappa shape index (κ3) is 4.25. The molecule has 0 bridgehead atoms. The number of furan rings is 1. The van der Waals surface area contributed by atoms with Gasteiger partial charge in [-0.3, -0.25) is 4.98 Å². The molecule has 3 heterocycles. The van der Waals surface area contributed by atoms with Crippen molar-refractivity contribution in [1.82, 2.24) is 19.9 Å². The molecule has 9 rings (SSSR count). The summed E-state index contributed by atoms with van der Waals surface area (Å²) in [6.07, 6.45) is 3.53. The zero-order valence-corrected chi connectivity index (χ0v) is 24.1. The minimum atomic E-state index is 0.546. The van der Waals surface area contributed by atoms with Crippen molar-refractivity contribution in [2.75, 3.05) is 0 Å². The van der Waals surface area contributed by atoms with Crippen LogP contribution in [0.2, 0.25) is 0 Å². The second-order valence-electron chi connectivity index (χ2n) is 11.1. The van der Waals surface area contributed by atoms with Crippen molar-refractivity contribution in [2.24, 2.45) is 0 Å². The molecule has 0 amide bonds. The van der Waals surface area contributed by atoms with Crippen LogP contribution in [-0.4, -0.2) is 19.9 Å². The van der Waals surface area contributed by atoms with Gasteiger partial charge in [-0.05, 0) is 63.0 Å². The van der Waals surface area contributed by atoms with E-state index >= 15 is 0 Å². The highest BCUT2D eigenvalue weighted by Crippen LogP contribution is 2.38. The van der Waals surface area contributed by atoms with Crippen molar-refractivity contribution in [2.45, 2.75) is 0 Å². The number of pyridine rings is 1. The van der Waals surface area contributed by atoms with Crippen LogP contribution in [0.4, 0.5) is 0 Å². The molecular weight excluding hydrogens is 552 g/mol. The van der Waals surface area contributed by atoms with Gasteiger partial charge in [0.1, 0.15) is 11.2 Å². The summed E-state index contributed by atoms with van der Waals surface area (Å²) in [4.78, 5) is 19.3. The lowest BCUT2D eigenvalue weighted by Crippen LogP contribution is -2.00. The number of aromatic nitrogens is 4. The lowest BCUT2D eigenvalue weighted by Gasteiger charge is -2.12. The Hall–Kier alpha value is -6.20. The van der Waals surface area contributed by atoms with Gasteiger partial charge in [0.2, 0.25) is 0 Å². The van der Waals surface area contributed by atoms with E-state index in [0.29, 0.717) is 17.5 Å². The van der Waals surface area contributed by atoms with Crippen LogP contribution in [0.15, 0.2) is 150 Å². The van der Waals surface area contributed by atoms with Gasteiger partial charge in [0.05, 0.1) is 5.56 Å². The minimum absolute atomic E-state index is 0.546. The molecule has 5 nitrogen and oxygen atoms in total. The van der Waals surface area contributed by atoms with Crippen LogP contribution in [0.1, 0.15) is 0 Å². The summed E-state index contributed by atoms with van der Waals surface area (Å²) in [5, 5.41) is 6.98. The highest BCUT2D eigenvalue weighted by atomic mass is 16.3. The SMILES string of the molecule is c1cncc(-c2nc(-c3cccc(-c4cccc5ccc6ccccc6c45)c3)nc(-c3cccc4c3oc3ccccc34)n2)c1. The fourth-order valence-electron chi connectivity index (χ4n) is 6.30. The maximum atomic E-state index is 6.37. The molecule has 0 saturated heterocycles. The molecule has 210 valence electrons. The minimum Gasteiger partial charge on any atom is -0.455 e. The van der Waals surface area contributed by atoms with Crippen LogP contribution >= 0.6 is 0 Å². The number of rotatable bonds is 4. The molecule has 0 saturated carbocycles. The Labute approximate surface area is 258 Å². The first kappa shape index (κ1) is 25.3. The maximum Gasteiger partial charge on any atom is 0.167 e. The van der Waals surface area contributed by atoms with E-state index in [-0.39, 0.29) is 0 Å². The first-order chi connectivity index (χ1) is 22.3. The van der Waals surface area contributed by atoms with E-state index in [0.717, 1.165) is 44.2 Å². The summed E-state index contributed by atoms with van der Waals surface area (Å²) in [5.41, 5.74) is 6.38. The Balaban J connectivity index is 1.26. The van der Waals surface area contributed by atoms with Crippen molar-refractivity contribution in [3.05, 3.63) is 146 Å². The third-order valence-corrected chi connectivity index (χ3v) is 8.40. The van der Waals surface area contributed by atoms with Crippen LogP contribution in [0.3, 0.4) is 0 Å². The van der Waals surface area contributed by atoms with Gasteiger partial charge in [0, 0.05) is 34.3 Å². The van der Waals surface area contributed by atoms with E-state index in [9.17, 15) is 0 Å². The lowest BCUT2D eigenvalue weighted by molar-refractivity contribution is 0.669. The van der Waals surface area contributed by atoms with Gasteiger partial charge in [0.15, 0.2) is 17.5 Å². The first-order valence-electron chi connectivity index (χ1n) is 14.9. The van der Waals surface area contributed by atoms with Gasteiger partial charge < -0.3 is 4.42 Å². The quantitative estimate of drug-likeness (QED) is 0.195. The smallest absolute Gasteiger partial charge is 0.167 e. The van der Waals surface area contributed by atoms with Gasteiger partial charge in [-0.1, -0.05) is 103 Å². The van der Waals surface area contributed by atoms with Gasteiger partial charge in [-0.2, -0.15) is 0 Å². The fourth-order valence-corrected chi connectivity index (χ4v) is 6.30. The molecule has 0 unspecified atom stereocenters. The molecule has 0 fully saturated rings. The van der Waals surface area contributed by atoms with Crippen molar-refractivity contribution in [3.63, 3.8) is 0 Å². The summed E-state index contributed by atoms with van der Waals surface area (Å²) < 4.78 is 6.37. The second kappa shape index (κ2) is 10.2. The van der Waals surface area contributed by atoms with E-state index in [1.54, 1.807) is 12.4 Å². The zero-order valence-electron chi connectivity index (χ0n) is 24.1. The Morgan fingerprint density at radius 1 is 0.444 bits per heavy atom. The molecule has 0 atom stereocenters. The molecule has 0 aliphatic carbocycles. The van der Waals surface area contributed by atoms with E-state index in [1.165, 1.54) is 27.1 Å². The third-order valence-electron chi connectivity index (χ3n) is 8.40. The number of hydrogen-bond acceptors (Lipinski definition) is 5. The predicted octanol–water partition coefficient (Wildman–Crippen LogP) is 10.1. The van der Waals surface area contributed by atoms with Crippen LogP contribution in [0.25, 0.3) is 88.8 Å².